The molecule has 1 amide bonds. The maximum atomic E-state index is 13.2. The Morgan fingerprint density at radius 3 is 2.66 bits per heavy atom. The molecule has 168 valence electrons. The van der Waals surface area contributed by atoms with Gasteiger partial charge in [0.1, 0.15) is 22.7 Å². The average Bonchev–Trinajstić information content (AvgIpc) is 2.78. The van der Waals surface area contributed by atoms with Crippen molar-refractivity contribution in [1.82, 2.24) is 20.1 Å². The molecule has 0 spiro atoms. The number of carbonyl (C=O) groups is 1. The van der Waals surface area contributed by atoms with E-state index in [4.69, 9.17) is 14.2 Å². The topological polar surface area (TPSA) is 110 Å². The van der Waals surface area contributed by atoms with E-state index in [9.17, 15) is 10.1 Å². The van der Waals surface area contributed by atoms with Gasteiger partial charge in [0.2, 0.25) is 5.88 Å². The van der Waals surface area contributed by atoms with E-state index in [1.807, 2.05) is 20.8 Å². The predicted molar refractivity (Wildman–Crippen MR) is 117 cm³/mol. The van der Waals surface area contributed by atoms with Crippen LogP contribution in [0.2, 0.25) is 0 Å². The molecule has 9 nitrogen and oxygen atoms in total. The minimum absolute atomic E-state index is 0.111. The van der Waals surface area contributed by atoms with Crippen LogP contribution in [0.1, 0.15) is 57.7 Å². The first kappa shape index (κ1) is 22.0. The number of nitrogens with zero attached hydrogens (tertiary/aromatic N) is 5. The highest BCUT2D eigenvalue weighted by Crippen LogP contribution is 2.41. The molecular formula is C23H27N5O4. The van der Waals surface area contributed by atoms with Gasteiger partial charge < -0.3 is 14.2 Å². The van der Waals surface area contributed by atoms with Gasteiger partial charge in [0.15, 0.2) is 5.69 Å². The SMILES string of the molecule is COc1ccc2nnc(C#N)c(/C=C/N(C(=O)OC(C)(C)C)C34CCC(CC3)OC4)c2n1. The van der Waals surface area contributed by atoms with Crippen molar-refractivity contribution in [3.8, 4) is 11.9 Å². The molecule has 1 saturated carbocycles. The largest absolute Gasteiger partial charge is 0.481 e. The second kappa shape index (κ2) is 8.36. The molecule has 3 aliphatic rings. The van der Waals surface area contributed by atoms with Crippen molar-refractivity contribution in [3.63, 3.8) is 0 Å². The Kier molecular flexibility index (Phi) is 5.73. The number of aromatic nitrogens is 3. The van der Waals surface area contributed by atoms with Gasteiger partial charge in [0, 0.05) is 17.8 Å². The molecule has 0 atom stereocenters. The molecule has 2 saturated heterocycles. The summed E-state index contributed by atoms with van der Waals surface area (Å²) in [5.41, 5.74) is 0.434. The lowest BCUT2D eigenvalue weighted by Crippen LogP contribution is -2.59. The molecule has 1 aliphatic carbocycles. The molecule has 0 N–H and O–H groups in total. The van der Waals surface area contributed by atoms with E-state index in [1.54, 1.807) is 29.3 Å². The van der Waals surface area contributed by atoms with Crippen molar-refractivity contribution in [2.24, 2.45) is 0 Å². The minimum atomic E-state index is -0.649. The Hall–Kier alpha value is -3.25. The first-order chi connectivity index (χ1) is 15.2. The summed E-state index contributed by atoms with van der Waals surface area (Å²) in [6, 6.07) is 5.47. The summed E-state index contributed by atoms with van der Waals surface area (Å²) in [6.07, 6.45) is 6.61. The zero-order valence-corrected chi connectivity index (χ0v) is 18.8. The lowest BCUT2D eigenvalue weighted by atomic mass is 9.77. The number of hydrogen-bond acceptors (Lipinski definition) is 8. The summed E-state index contributed by atoms with van der Waals surface area (Å²) in [5, 5.41) is 17.7. The second-order valence-electron chi connectivity index (χ2n) is 9.20. The third kappa shape index (κ3) is 4.23. The van der Waals surface area contributed by atoms with Gasteiger partial charge in [-0.1, -0.05) is 0 Å². The molecule has 3 fully saturated rings. The maximum absolute atomic E-state index is 13.2. The fraction of sp³-hybridized carbons (Fsp3) is 0.522. The average molecular weight is 438 g/mol. The lowest BCUT2D eigenvalue weighted by molar-refractivity contribution is -0.121. The van der Waals surface area contributed by atoms with Gasteiger partial charge in [-0.05, 0) is 58.6 Å². The minimum Gasteiger partial charge on any atom is -0.481 e. The Morgan fingerprint density at radius 2 is 2.06 bits per heavy atom. The molecule has 2 aromatic heterocycles. The van der Waals surface area contributed by atoms with Crippen LogP contribution in [0.15, 0.2) is 18.3 Å². The quantitative estimate of drug-likeness (QED) is 0.710. The van der Waals surface area contributed by atoms with Gasteiger partial charge in [-0.2, -0.15) is 5.26 Å². The Labute approximate surface area is 187 Å². The van der Waals surface area contributed by atoms with Gasteiger partial charge in [0.05, 0.1) is 25.4 Å². The number of methoxy groups -OCH3 is 1. The number of rotatable bonds is 4. The highest BCUT2D eigenvalue weighted by molar-refractivity contribution is 5.86. The highest BCUT2D eigenvalue weighted by Gasteiger charge is 2.48. The highest BCUT2D eigenvalue weighted by atomic mass is 16.6. The van der Waals surface area contributed by atoms with E-state index in [1.165, 1.54) is 7.11 Å². The Morgan fingerprint density at radius 1 is 1.31 bits per heavy atom. The summed E-state index contributed by atoms with van der Waals surface area (Å²) in [4.78, 5) is 19.3. The Bertz CT molecular complexity index is 1080. The number of amides is 1. The summed E-state index contributed by atoms with van der Waals surface area (Å²) < 4.78 is 16.9. The zero-order valence-electron chi connectivity index (χ0n) is 18.8. The van der Waals surface area contributed by atoms with E-state index in [-0.39, 0.29) is 11.8 Å². The van der Waals surface area contributed by atoms with E-state index < -0.39 is 17.2 Å². The van der Waals surface area contributed by atoms with Crippen LogP contribution < -0.4 is 4.74 Å². The summed E-state index contributed by atoms with van der Waals surface area (Å²) >= 11 is 0. The van der Waals surface area contributed by atoms with Gasteiger partial charge in [-0.15, -0.1) is 10.2 Å². The van der Waals surface area contributed by atoms with Crippen LogP contribution in [0.3, 0.4) is 0 Å². The van der Waals surface area contributed by atoms with E-state index in [0.29, 0.717) is 29.1 Å². The number of nitriles is 1. The van der Waals surface area contributed by atoms with Crippen LogP contribution in [0.25, 0.3) is 17.1 Å². The standard InChI is InChI=1S/C23H27N5O4/c1-22(2,3)32-21(29)28(23-10-7-15(8-11-23)31-14-23)12-9-16-18(13-24)27-26-17-5-6-19(30-4)25-20(16)17/h5-6,9,12,15H,7-8,10-11,14H2,1-4H3/b12-9+. The monoisotopic (exact) mass is 437 g/mol. The van der Waals surface area contributed by atoms with Crippen molar-refractivity contribution in [3.05, 3.63) is 29.6 Å². The number of pyridine rings is 1. The van der Waals surface area contributed by atoms with Gasteiger partial charge in [0.25, 0.3) is 0 Å². The lowest BCUT2D eigenvalue weighted by Gasteiger charge is -2.51. The van der Waals surface area contributed by atoms with Crippen LogP contribution in [-0.2, 0) is 9.47 Å². The molecule has 32 heavy (non-hydrogen) atoms. The summed E-state index contributed by atoms with van der Waals surface area (Å²) in [5.74, 6) is 0.394. The zero-order chi connectivity index (χ0) is 22.9. The molecule has 5 rings (SSSR count). The summed E-state index contributed by atoms with van der Waals surface area (Å²) in [7, 11) is 1.52. The molecular weight excluding hydrogens is 410 g/mol. The molecule has 2 aromatic rings. The van der Waals surface area contributed by atoms with Crippen molar-refractivity contribution >= 4 is 23.2 Å². The number of ether oxygens (including phenoxy) is 3. The third-order valence-corrected chi connectivity index (χ3v) is 5.87. The fourth-order valence-electron chi connectivity index (χ4n) is 4.23. The first-order valence-electron chi connectivity index (χ1n) is 10.7. The molecule has 0 aromatic carbocycles. The fourth-order valence-corrected chi connectivity index (χ4v) is 4.23. The van der Waals surface area contributed by atoms with Crippen LogP contribution in [0.5, 0.6) is 5.88 Å². The molecule has 0 unspecified atom stereocenters. The van der Waals surface area contributed by atoms with Crippen molar-refractivity contribution < 1.29 is 19.0 Å². The molecule has 2 aliphatic heterocycles. The van der Waals surface area contributed by atoms with Crippen molar-refractivity contribution in [2.45, 2.75) is 63.7 Å². The number of hydrogen-bond donors (Lipinski definition) is 0. The van der Waals surface area contributed by atoms with Gasteiger partial charge in [-0.3, -0.25) is 4.90 Å². The van der Waals surface area contributed by atoms with E-state index in [0.717, 1.165) is 25.7 Å². The smallest absolute Gasteiger partial charge is 0.414 e. The maximum Gasteiger partial charge on any atom is 0.414 e. The second-order valence-corrected chi connectivity index (χ2v) is 9.20. The Balaban J connectivity index is 1.78. The molecule has 4 heterocycles. The van der Waals surface area contributed by atoms with Gasteiger partial charge in [-0.25, -0.2) is 9.78 Å². The molecule has 2 bridgehead atoms. The number of fused-ring (bicyclic) bond motifs is 4. The van der Waals surface area contributed by atoms with E-state index >= 15 is 0 Å². The van der Waals surface area contributed by atoms with Gasteiger partial charge >= 0.3 is 6.09 Å². The molecule has 0 radical (unpaired) electrons. The van der Waals surface area contributed by atoms with Crippen LogP contribution in [-0.4, -0.2) is 57.1 Å². The summed E-state index contributed by atoms with van der Waals surface area (Å²) in [6.45, 7) is 5.96. The van der Waals surface area contributed by atoms with E-state index in [2.05, 4.69) is 21.3 Å². The van der Waals surface area contributed by atoms with Crippen molar-refractivity contribution in [2.75, 3.05) is 13.7 Å². The predicted octanol–water partition coefficient (Wildman–Crippen LogP) is 3.82. The van der Waals surface area contributed by atoms with Crippen LogP contribution >= 0.6 is 0 Å². The van der Waals surface area contributed by atoms with Crippen LogP contribution in [0.4, 0.5) is 4.79 Å². The normalized spacial score (nSPS) is 22.7. The number of carbonyl (C=O) groups excluding carboxylic acids is 1. The first-order valence-corrected chi connectivity index (χ1v) is 10.7. The molecule has 9 heteroatoms. The van der Waals surface area contributed by atoms with Crippen LogP contribution in [0, 0.1) is 11.3 Å². The third-order valence-electron chi connectivity index (χ3n) is 5.87. The van der Waals surface area contributed by atoms with Crippen molar-refractivity contribution in [1.29, 1.82) is 5.26 Å².